The highest BCUT2D eigenvalue weighted by atomic mass is 16.5. The molecule has 2 aromatic carbocycles. The monoisotopic (exact) mass is 408 g/mol. The Bertz CT molecular complexity index is 936. The predicted octanol–water partition coefficient (Wildman–Crippen LogP) is 4.83. The SMILES string of the molecule is CC[C@@H](C)NC(=O)c1cccc(CN2C(=O)COc3ccc(C(C)(C)CC)cc32)c1. The molecule has 1 N–H and O–H groups in total. The number of ether oxygens (including phenoxy) is 1. The van der Waals surface area contributed by atoms with Gasteiger partial charge in [-0.15, -0.1) is 0 Å². The molecule has 1 aliphatic heterocycles. The maximum Gasteiger partial charge on any atom is 0.265 e. The largest absolute Gasteiger partial charge is 0.482 e. The van der Waals surface area contributed by atoms with Gasteiger partial charge in [0.05, 0.1) is 12.2 Å². The highest BCUT2D eigenvalue weighted by Crippen LogP contribution is 2.38. The Hall–Kier alpha value is -2.82. The van der Waals surface area contributed by atoms with Crippen LogP contribution in [-0.4, -0.2) is 24.5 Å². The van der Waals surface area contributed by atoms with Crippen molar-refractivity contribution in [2.24, 2.45) is 0 Å². The summed E-state index contributed by atoms with van der Waals surface area (Å²) in [5, 5.41) is 2.99. The molecule has 0 bridgehead atoms. The van der Waals surface area contributed by atoms with E-state index < -0.39 is 0 Å². The second-order valence-electron chi connectivity index (χ2n) is 8.67. The molecule has 0 saturated heterocycles. The van der Waals surface area contributed by atoms with Crippen LogP contribution in [0.3, 0.4) is 0 Å². The van der Waals surface area contributed by atoms with E-state index in [0.717, 1.165) is 29.8 Å². The van der Waals surface area contributed by atoms with Crippen LogP contribution in [0.25, 0.3) is 0 Å². The summed E-state index contributed by atoms with van der Waals surface area (Å²) in [6, 6.07) is 13.7. The topological polar surface area (TPSA) is 58.6 Å². The number of hydrogen-bond donors (Lipinski definition) is 1. The molecule has 1 aliphatic rings. The van der Waals surface area contributed by atoms with Gasteiger partial charge in [-0.3, -0.25) is 9.59 Å². The smallest absolute Gasteiger partial charge is 0.265 e. The van der Waals surface area contributed by atoms with Crippen molar-refractivity contribution in [3.05, 3.63) is 59.2 Å². The zero-order chi connectivity index (χ0) is 21.9. The predicted molar refractivity (Wildman–Crippen MR) is 120 cm³/mol. The number of amides is 2. The maximum absolute atomic E-state index is 12.7. The number of carbonyl (C=O) groups is 2. The van der Waals surface area contributed by atoms with Crippen LogP contribution in [-0.2, 0) is 16.8 Å². The molecule has 0 aliphatic carbocycles. The molecule has 3 rings (SSSR count). The number of nitrogens with zero attached hydrogens (tertiary/aromatic N) is 1. The molecular formula is C25H32N2O3. The van der Waals surface area contributed by atoms with E-state index in [0.29, 0.717) is 12.1 Å². The molecule has 0 fully saturated rings. The lowest BCUT2D eigenvalue weighted by molar-refractivity contribution is -0.121. The van der Waals surface area contributed by atoms with Crippen molar-refractivity contribution in [2.45, 2.75) is 65.5 Å². The molecule has 1 heterocycles. The second-order valence-corrected chi connectivity index (χ2v) is 8.67. The van der Waals surface area contributed by atoms with Crippen molar-refractivity contribution in [3.8, 4) is 5.75 Å². The molecule has 2 aromatic rings. The summed E-state index contributed by atoms with van der Waals surface area (Å²) in [7, 11) is 0. The number of fused-ring (bicyclic) bond motifs is 1. The summed E-state index contributed by atoms with van der Waals surface area (Å²) in [4.78, 5) is 27.0. The number of hydrogen-bond acceptors (Lipinski definition) is 3. The van der Waals surface area contributed by atoms with Gasteiger partial charge in [0.25, 0.3) is 11.8 Å². The highest BCUT2D eigenvalue weighted by molar-refractivity contribution is 5.98. The van der Waals surface area contributed by atoms with Gasteiger partial charge in [0.2, 0.25) is 0 Å². The van der Waals surface area contributed by atoms with Gasteiger partial charge in [-0.2, -0.15) is 0 Å². The van der Waals surface area contributed by atoms with Crippen LogP contribution >= 0.6 is 0 Å². The van der Waals surface area contributed by atoms with Gasteiger partial charge in [0.15, 0.2) is 6.61 Å². The Labute approximate surface area is 179 Å². The summed E-state index contributed by atoms with van der Waals surface area (Å²) < 4.78 is 5.67. The Morgan fingerprint density at radius 2 is 1.97 bits per heavy atom. The molecule has 160 valence electrons. The molecular weight excluding hydrogens is 376 g/mol. The van der Waals surface area contributed by atoms with Gasteiger partial charge < -0.3 is 15.0 Å². The average Bonchev–Trinajstić information content (AvgIpc) is 2.75. The van der Waals surface area contributed by atoms with Crippen molar-refractivity contribution in [1.29, 1.82) is 0 Å². The highest BCUT2D eigenvalue weighted by Gasteiger charge is 2.28. The molecule has 0 saturated carbocycles. The fourth-order valence-electron chi connectivity index (χ4n) is 3.40. The van der Waals surface area contributed by atoms with E-state index in [1.165, 1.54) is 5.56 Å². The average molecular weight is 409 g/mol. The van der Waals surface area contributed by atoms with E-state index in [-0.39, 0.29) is 29.9 Å². The number of carbonyl (C=O) groups excluding carboxylic acids is 2. The van der Waals surface area contributed by atoms with E-state index in [9.17, 15) is 9.59 Å². The fourth-order valence-corrected chi connectivity index (χ4v) is 3.40. The second kappa shape index (κ2) is 8.90. The van der Waals surface area contributed by atoms with E-state index in [2.05, 4.69) is 38.2 Å². The van der Waals surface area contributed by atoms with Gasteiger partial charge in [-0.25, -0.2) is 0 Å². The minimum absolute atomic E-state index is 0.00910. The summed E-state index contributed by atoms with van der Waals surface area (Å²) >= 11 is 0. The van der Waals surface area contributed by atoms with Crippen molar-refractivity contribution in [3.63, 3.8) is 0 Å². The van der Waals surface area contributed by atoms with Gasteiger partial charge in [0.1, 0.15) is 5.75 Å². The van der Waals surface area contributed by atoms with E-state index >= 15 is 0 Å². The zero-order valence-corrected chi connectivity index (χ0v) is 18.6. The molecule has 30 heavy (non-hydrogen) atoms. The fraction of sp³-hybridized carbons (Fsp3) is 0.440. The van der Waals surface area contributed by atoms with Gasteiger partial charge >= 0.3 is 0 Å². The van der Waals surface area contributed by atoms with Crippen molar-refractivity contribution >= 4 is 17.5 Å². The standard InChI is InChI=1S/C25H32N2O3/c1-6-17(3)26-24(29)19-10-8-9-18(13-19)15-27-21-14-20(25(4,5)7-2)11-12-22(21)30-16-23(27)28/h8-14,17H,6-7,15-16H2,1-5H3,(H,26,29)/t17-/m1/s1. The first-order valence-electron chi connectivity index (χ1n) is 10.7. The van der Waals surface area contributed by atoms with Crippen molar-refractivity contribution < 1.29 is 14.3 Å². The number of rotatable bonds is 7. The first kappa shape index (κ1) is 21.9. The van der Waals surface area contributed by atoms with Crippen LogP contribution in [0.15, 0.2) is 42.5 Å². The van der Waals surface area contributed by atoms with Crippen molar-refractivity contribution in [2.75, 3.05) is 11.5 Å². The first-order chi connectivity index (χ1) is 14.2. The summed E-state index contributed by atoms with van der Waals surface area (Å²) in [6.07, 6.45) is 1.87. The third-order valence-electron chi connectivity index (χ3n) is 6.09. The molecule has 5 nitrogen and oxygen atoms in total. The molecule has 2 amide bonds. The molecule has 0 spiro atoms. The number of anilines is 1. The van der Waals surface area contributed by atoms with Crippen LogP contribution in [0.4, 0.5) is 5.69 Å². The first-order valence-corrected chi connectivity index (χ1v) is 10.7. The van der Waals surface area contributed by atoms with Crippen LogP contribution in [0, 0.1) is 0 Å². The van der Waals surface area contributed by atoms with E-state index in [1.54, 1.807) is 11.0 Å². The molecule has 5 heteroatoms. The third-order valence-corrected chi connectivity index (χ3v) is 6.09. The molecule has 0 aromatic heterocycles. The van der Waals surface area contributed by atoms with Crippen LogP contribution in [0.2, 0.25) is 0 Å². The van der Waals surface area contributed by atoms with Crippen molar-refractivity contribution in [1.82, 2.24) is 5.32 Å². The third kappa shape index (κ3) is 4.66. The summed E-state index contributed by atoms with van der Waals surface area (Å²) in [5.74, 6) is 0.547. The Morgan fingerprint density at radius 1 is 1.20 bits per heavy atom. The van der Waals surface area contributed by atoms with E-state index in [4.69, 9.17) is 4.74 Å². The summed E-state index contributed by atoms with van der Waals surface area (Å²) in [6.45, 7) is 11.0. The Kier molecular flexibility index (Phi) is 6.49. The van der Waals surface area contributed by atoms with Crippen LogP contribution in [0.1, 0.15) is 68.9 Å². The maximum atomic E-state index is 12.7. The summed E-state index contributed by atoms with van der Waals surface area (Å²) in [5.41, 5.74) is 3.49. The van der Waals surface area contributed by atoms with Crippen LogP contribution in [0.5, 0.6) is 5.75 Å². The van der Waals surface area contributed by atoms with Gasteiger partial charge in [-0.05, 0) is 60.6 Å². The molecule has 0 radical (unpaired) electrons. The minimum atomic E-state index is -0.0908. The number of nitrogens with one attached hydrogen (secondary N) is 1. The zero-order valence-electron chi connectivity index (χ0n) is 18.6. The quantitative estimate of drug-likeness (QED) is 0.714. The lowest BCUT2D eigenvalue weighted by Crippen LogP contribution is -2.38. The lowest BCUT2D eigenvalue weighted by atomic mass is 9.82. The lowest BCUT2D eigenvalue weighted by Gasteiger charge is -2.32. The normalized spacial score (nSPS) is 14.7. The minimum Gasteiger partial charge on any atom is -0.482 e. The van der Waals surface area contributed by atoms with Crippen LogP contribution < -0.4 is 15.0 Å². The Morgan fingerprint density at radius 3 is 2.67 bits per heavy atom. The van der Waals surface area contributed by atoms with Gasteiger partial charge in [-0.1, -0.05) is 45.9 Å². The molecule has 1 atom stereocenters. The van der Waals surface area contributed by atoms with Gasteiger partial charge in [0, 0.05) is 11.6 Å². The Balaban J connectivity index is 1.89. The van der Waals surface area contributed by atoms with E-state index in [1.807, 2.05) is 38.1 Å². The number of benzene rings is 2. The molecule has 0 unspecified atom stereocenters.